The Morgan fingerprint density at radius 1 is 1.48 bits per heavy atom. The van der Waals surface area contributed by atoms with E-state index < -0.39 is 0 Å². The van der Waals surface area contributed by atoms with Gasteiger partial charge in [0.2, 0.25) is 0 Å². The molecular weight excluding hydrogens is 336 g/mol. The third-order valence-electron chi connectivity index (χ3n) is 5.32. The lowest BCUT2D eigenvalue weighted by Crippen LogP contribution is -2.48. The highest BCUT2D eigenvalue weighted by atomic mass is 32.1. The minimum atomic E-state index is 0.247. The molecule has 1 spiro atoms. The molecule has 2 saturated heterocycles. The Balaban J connectivity index is 0.000000758. The molecule has 4 heterocycles. The van der Waals surface area contributed by atoms with Gasteiger partial charge in [-0.15, -0.1) is 12.8 Å². The van der Waals surface area contributed by atoms with Gasteiger partial charge in [-0.3, -0.25) is 10.2 Å². The molecule has 0 amide bonds. The highest BCUT2D eigenvalue weighted by Crippen LogP contribution is 2.63. The number of nitrogens with zero attached hydrogens (tertiary/aromatic N) is 5. The van der Waals surface area contributed by atoms with Crippen molar-refractivity contribution in [2.75, 3.05) is 25.5 Å². The summed E-state index contributed by atoms with van der Waals surface area (Å²) >= 11 is 1.47. The van der Waals surface area contributed by atoms with Gasteiger partial charge in [-0.2, -0.15) is 4.98 Å². The van der Waals surface area contributed by atoms with Crippen LogP contribution in [0.3, 0.4) is 0 Å². The average molecular weight is 356 g/mol. The Morgan fingerprint density at radius 3 is 2.92 bits per heavy atom. The van der Waals surface area contributed by atoms with Crippen LogP contribution in [0.1, 0.15) is 18.5 Å². The maximum Gasteiger partial charge on any atom is 0.291 e. The molecule has 8 heteroatoms. The van der Waals surface area contributed by atoms with Gasteiger partial charge in [0.15, 0.2) is 15.6 Å². The lowest BCUT2D eigenvalue weighted by Gasteiger charge is -2.38. The lowest BCUT2D eigenvalue weighted by molar-refractivity contribution is 0.0814. The molecule has 25 heavy (non-hydrogen) atoms. The minimum Gasteiger partial charge on any atom is -0.460 e. The third kappa shape index (κ3) is 2.55. The zero-order valence-electron chi connectivity index (χ0n) is 14.3. The van der Waals surface area contributed by atoms with Gasteiger partial charge in [-0.05, 0) is 19.8 Å². The van der Waals surface area contributed by atoms with Crippen molar-refractivity contribution in [1.29, 1.82) is 0 Å². The van der Waals surface area contributed by atoms with E-state index >= 15 is 0 Å². The summed E-state index contributed by atoms with van der Waals surface area (Å²) in [5.41, 5.74) is 2.04. The van der Waals surface area contributed by atoms with Crippen LogP contribution in [-0.4, -0.2) is 57.7 Å². The number of thiazole rings is 1. The summed E-state index contributed by atoms with van der Waals surface area (Å²) in [4.78, 5) is 20.8. The van der Waals surface area contributed by atoms with Gasteiger partial charge < -0.3 is 4.74 Å². The number of anilines is 1. The van der Waals surface area contributed by atoms with Gasteiger partial charge in [-0.1, -0.05) is 11.3 Å². The number of aliphatic imine (C=N–C) groups is 1. The number of hydrogen-bond acceptors (Lipinski definition) is 7. The quantitative estimate of drug-likeness (QED) is 0.503. The standard InChI is InChI=1S/C15H18N6OS.C2H2/c1-8-6-17-11-12(18-8)23-14(19-11)20-13(16-2)22-10-7-21-4-3-15(21)5-9(10)15;1-2/h6,9-10H,3-5,7H2,1-2H3,(H,16,17,19,20);1-2H/t9?,10-,15?;/m0./s1. The second-order valence-corrected chi connectivity index (χ2v) is 7.56. The number of piperidine rings is 1. The molecule has 0 aromatic carbocycles. The highest BCUT2D eigenvalue weighted by Gasteiger charge is 2.71. The summed E-state index contributed by atoms with van der Waals surface area (Å²) in [6.45, 7) is 4.17. The predicted molar refractivity (Wildman–Crippen MR) is 98.7 cm³/mol. The van der Waals surface area contributed by atoms with Crippen molar-refractivity contribution in [3.8, 4) is 12.8 Å². The Labute approximate surface area is 150 Å². The number of nitrogens with one attached hydrogen (secondary N) is 1. The first-order chi connectivity index (χ1) is 12.2. The van der Waals surface area contributed by atoms with Crippen LogP contribution in [0.5, 0.6) is 0 Å². The summed E-state index contributed by atoms with van der Waals surface area (Å²) in [7, 11) is 1.74. The van der Waals surface area contributed by atoms with Crippen LogP contribution in [0.25, 0.3) is 10.5 Å². The fourth-order valence-electron chi connectivity index (χ4n) is 3.98. The Hall–Kier alpha value is -2.24. The molecule has 5 rings (SSSR count). The number of amidine groups is 1. The monoisotopic (exact) mass is 356 g/mol. The maximum absolute atomic E-state index is 6.14. The van der Waals surface area contributed by atoms with E-state index in [2.05, 4.69) is 43.0 Å². The van der Waals surface area contributed by atoms with Crippen LogP contribution in [0.4, 0.5) is 5.13 Å². The Kier molecular flexibility index (Phi) is 3.85. The van der Waals surface area contributed by atoms with E-state index in [9.17, 15) is 0 Å². The topological polar surface area (TPSA) is 75.5 Å². The highest BCUT2D eigenvalue weighted by molar-refractivity contribution is 7.21. The van der Waals surface area contributed by atoms with Crippen molar-refractivity contribution in [3.63, 3.8) is 0 Å². The molecule has 1 N–H and O–H groups in total. The molecule has 1 aliphatic carbocycles. The van der Waals surface area contributed by atoms with Crippen LogP contribution < -0.4 is 5.32 Å². The van der Waals surface area contributed by atoms with E-state index in [1.54, 1.807) is 13.2 Å². The molecule has 3 atom stereocenters. The normalized spacial score (nSPS) is 29.8. The largest absolute Gasteiger partial charge is 0.460 e. The van der Waals surface area contributed by atoms with E-state index in [-0.39, 0.29) is 6.10 Å². The molecule has 2 aromatic heterocycles. The molecule has 3 fully saturated rings. The fourth-order valence-corrected chi connectivity index (χ4v) is 4.81. The van der Waals surface area contributed by atoms with Crippen LogP contribution in [0, 0.1) is 25.7 Å². The summed E-state index contributed by atoms with van der Waals surface area (Å²) < 4.78 is 6.14. The molecule has 2 aliphatic heterocycles. The van der Waals surface area contributed by atoms with Gasteiger partial charge in [0.1, 0.15) is 6.10 Å². The van der Waals surface area contributed by atoms with Crippen molar-refractivity contribution in [2.24, 2.45) is 10.9 Å². The van der Waals surface area contributed by atoms with Gasteiger partial charge in [0, 0.05) is 31.6 Å². The zero-order valence-corrected chi connectivity index (χ0v) is 15.1. The Morgan fingerprint density at radius 2 is 2.32 bits per heavy atom. The van der Waals surface area contributed by atoms with Gasteiger partial charge in [-0.25, -0.2) is 15.0 Å². The molecule has 2 aromatic rings. The number of terminal acetylenes is 1. The van der Waals surface area contributed by atoms with Gasteiger partial charge in [0.25, 0.3) is 6.02 Å². The molecule has 1 saturated carbocycles. The molecule has 7 nitrogen and oxygen atoms in total. The molecule has 3 aliphatic rings. The van der Waals surface area contributed by atoms with Crippen LogP contribution in [0.15, 0.2) is 11.2 Å². The van der Waals surface area contributed by atoms with E-state index in [0.29, 0.717) is 23.1 Å². The van der Waals surface area contributed by atoms with Crippen LogP contribution >= 0.6 is 11.3 Å². The fraction of sp³-hybridized carbons (Fsp3) is 0.529. The smallest absolute Gasteiger partial charge is 0.291 e. The van der Waals surface area contributed by atoms with Crippen molar-refractivity contribution < 1.29 is 4.74 Å². The number of ether oxygens (including phenoxy) is 1. The van der Waals surface area contributed by atoms with Gasteiger partial charge >= 0.3 is 0 Å². The second-order valence-electron chi connectivity index (χ2n) is 6.58. The van der Waals surface area contributed by atoms with Crippen molar-refractivity contribution >= 4 is 33.0 Å². The van der Waals surface area contributed by atoms with Crippen molar-refractivity contribution in [3.05, 3.63) is 11.9 Å². The number of hydrogen-bond donors (Lipinski definition) is 1. The molecular formula is C17H20N6OS. The Bertz CT molecular complexity index is 861. The molecule has 130 valence electrons. The molecule has 0 radical (unpaired) electrons. The van der Waals surface area contributed by atoms with E-state index in [1.807, 2.05) is 6.92 Å². The first-order valence-electron chi connectivity index (χ1n) is 8.27. The number of rotatable bonds is 2. The summed E-state index contributed by atoms with van der Waals surface area (Å²) in [6, 6.07) is 0.537. The first-order valence-corrected chi connectivity index (χ1v) is 9.09. The van der Waals surface area contributed by atoms with E-state index in [4.69, 9.17) is 4.74 Å². The minimum absolute atomic E-state index is 0.247. The third-order valence-corrected chi connectivity index (χ3v) is 6.17. The SMILES string of the molecule is C#C.CN=C(Nc1nc2ncc(C)nc2s1)O[C@H]1CN2CCC23CC13. The van der Waals surface area contributed by atoms with Crippen LogP contribution in [0.2, 0.25) is 0 Å². The number of aromatic nitrogens is 3. The second kappa shape index (κ2) is 5.93. The number of fused-ring (bicyclic) bond motifs is 1. The predicted octanol–water partition coefficient (Wildman–Crippen LogP) is 1.91. The lowest BCUT2D eigenvalue weighted by atomic mass is 10.0. The summed E-state index contributed by atoms with van der Waals surface area (Å²) in [5.74, 6) is 0.677. The molecule has 0 bridgehead atoms. The van der Waals surface area contributed by atoms with Crippen LogP contribution in [-0.2, 0) is 4.74 Å². The van der Waals surface area contributed by atoms with Gasteiger partial charge in [0.05, 0.1) is 11.9 Å². The first kappa shape index (κ1) is 16.2. The molecule has 2 unspecified atom stereocenters. The summed E-state index contributed by atoms with van der Waals surface area (Å²) in [6.07, 6.45) is 12.6. The van der Waals surface area contributed by atoms with E-state index in [0.717, 1.165) is 22.2 Å². The number of aryl methyl sites for hydroxylation is 1. The van der Waals surface area contributed by atoms with E-state index in [1.165, 1.54) is 30.7 Å². The summed E-state index contributed by atoms with van der Waals surface area (Å²) in [5, 5.41) is 3.91. The van der Waals surface area contributed by atoms with Crippen molar-refractivity contribution in [2.45, 2.75) is 31.4 Å². The zero-order chi connectivity index (χ0) is 17.6. The maximum atomic E-state index is 6.14. The average Bonchev–Trinajstić information content (AvgIpc) is 3.22. The van der Waals surface area contributed by atoms with Crippen molar-refractivity contribution in [1.82, 2.24) is 19.9 Å².